The van der Waals surface area contributed by atoms with Crippen molar-refractivity contribution in [3.05, 3.63) is 0 Å². The van der Waals surface area contributed by atoms with Crippen LogP contribution in [0.1, 0.15) is 47.0 Å². The molecule has 9 heteroatoms. The highest BCUT2D eigenvalue weighted by Crippen LogP contribution is 2.34. The van der Waals surface area contributed by atoms with Crippen LogP contribution in [-0.2, 0) is 14.3 Å². The molecule has 136 valence electrons. The highest BCUT2D eigenvalue weighted by Gasteiger charge is 2.43. The molecule has 0 fully saturated rings. The monoisotopic (exact) mass is 348 g/mol. The minimum absolute atomic E-state index is 0.465. The van der Waals surface area contributed by atoms with Gasteiger partial charge in [0.15, 0.2) is 0 Å². The van der Waals surface area contributed by atoms with E-state index in [1.807, 2.05) is 0 Å². The average molecular weight is 348 g/mol. The normalized spacial score (nSPS) is 15.9. The van der Waals surface area contributed by atoms with E-state index in [1.54, 1.807) is 0 Å². The van der Waals surface area contributed by atoms with Crippen molar-refractivity contribution in [3.8, 4) is 0 Å². The number of hydrogen-bond donors (Lipinski definition) is 1. The van der Waals surface area contributed by atoms with Crippen LogP contribution >= 0.6 is 0 Å². The molecule has 0 saturated carbocycles. The molecule has 0 unspecified atom stereocenters. The van der Waals surface area contributed by atoms with Crippen LogP contribution in [0.25, 0.3) is 0 Å². The molecule has 0 amide bonds. The Labute approximate surface area is 131 Å². The lowest BCUT2D eigenvalue weighted by molar-refractivity contribution is -0.173. The Hall–Kier alpha value is -1.41. The Morgan fingerprint density at radius 2 is 1.48 bits per heavy atom. The van der Waals surface area contributed by atoms with E-state index in [2.05, 4.69) is 0 Å². The van der Waals surface area contributed by atoms with E-state index in [-0.39, 0.29) is 0 Å². The second-order valence-electron chi connectivity index (χ2n) is 6.51. The molecule has 1 N–H and O–H groups in total. The maximum atomic E-state index is 13.2. The van der Waals surface area contributed by atoms with Gasteiger partial charge in [-0.15, -0.1) is 0 Å². The lowest BCUT2D eigenvalue weighted by atomic mass is 9.84. The van der Waals surface area contributed by atoms with Crippen LogP contribution in [-0.4, -0.2) is 34.7 Å². The van der Waals surface area contributed by atoms with Crippen molar-refractivity contribution in [2.24, 2.45) is 11.8 Å². The van der Waals surface area contributed by atoms with E-state index in [0.29, 0.717) is 6.92 Å². The van der Waals surface area contributed by atoms with Crippen LogP contribution in [0.15, 0.2) is 0 Å². The molecule has 0 heterocycles. The van der Waals surface area contributed by atoms with Crippen molar-refractivity contribution in [2.45, 2.75) is 64.7 Å². The van der Waals surface area contributed by atoms with Gasteiger partial charge in [-0.3, -0.25) is 9.59 Å². The number of carboxylic acid groups (broad SMARTS) is 1. The zero-order valence-corrected chi connectivity index (χ0v) is 13.3. The van der Waals surface area contributed by atoms with Gasteiger partial charge < -0.3 is 9.84 Å². The Morgan fingerprint density at radius 1 is 1.00 bits per heavy atom. The molecule has 0 aliphatic heterocycles. The SMILES string of the molecule is CC(F)(F)C[C@H](C(=O)OC(C)(C)C)[C@@H](CCC(F)(F)F)C(=O)O. The van der Waals surface area contributed by atoms with Gasteiger partial charge in [0.25, 0.3) is 0 Å². The van der Waals surface area contributed by atoms with Crippen molar-refractivity contribution >= 4 is 11.9 Å². The van der Waals surface area contributed by atoms with Crippen molar-refractivity contribution in [1.29, 1.82) is 0 Å². The fourth-order valence-corrected chi connectivity index (χ4v) is 1.97. The summed E-state index contributed by atoms with van der Waals surface area (Å²) in [6.45, 7) is 4.79. The number of alkyl halides is 5. The fraction of sp³-hybridized carbons (Fsp3) is 0.857. The summed E-state index contributed by atoms with van der Waals surface area (Å²) < 4.78 is 68.3. The standard InChI is InChI=1S/C14H21F5O4/c1-12(2,3)23-11(22)9(7-13(4,15)16)8(10(20)21)5-6-14(17,18)19/h8-9H,5-7H2,1-4H3,(H,20,21)/t8-,9+/m1/s1. The number of carboxylic acids is 1. The minimum atomic E-state index is -4.65. The number of ether oxygens (including phenoxy) is 1. The zero-order chi connectivity index (χ0) is 18.6. The third-order valence-corrected chi connectivity index (χ3v) is 2.83. The number of halogens is 5. The summed E-state index contributed by atoms with van der Waals surface area (Å²) in [5.41, 5.74) is -1.08. The summed E-state index contributed by atoms with van der Waals surface area (Å²) in [6, 6.07) is 0. The fourth-order valence-electron chi connectivity index (χ4n) is 1.97. The van der Waals surface area contributed by atoms with Gasteiger partial charge in [-0.2, -0.15) is 13.2 Å². The molecular weight excluding hydrogens is 327 g/mol. The first kappa shape index (κ1) is 21.6. The van der Waals surface area contributed by atoms with E-state index in [9.17, 15) is 31.5 Å². The molecule has 0 aromatic carbocycles. The third kappa shape index (κ3) is 10.1. The smallest absolute Gasteiger partial charge is 0.389 e. The minimum Gasteiger partial charge on any atom is -0.481 e. The van der Waals surface area contributed by atoms with E-state index in [0.717, 1.165) is 0 Å². The van der Waals surface area contributed by atoms with Crippen LogP contribution in [0.5, 0.6) is 0 Å². The van der Waals surface area contributed by atoms with Gasteiger partial charge in [0, 0.05) is 12.8 Å². The van der Waals surface area contributed by atoms with E-state index < -0.39 is 60.7 Å². The zero-order valence-electron chi connectivity index (χ0n) is 13.3. The topological polar surface area (TPSA) is 63.6 Å². The molecular formula is C14H21F5O4. The van der Waals surface area contributed by atoms with E-state index >= 15 is 0 Å². The van der Waals surface area contributed by atoms with E-state index in [1.165, 1.54) is 20.8 Å². The number of carbonyl (C=O) groups is 2. The molecule has 4 nitrogen and oxygen atoms in total. The second-order valence-corrected chi connectivity index (χ2v) is 6.51. The van der Waals surface area contributed by atoms with Crippen molar-refractivity contribution in [2.75, 3.05) is 0 Å². The summed E-state index contributed by atoms with van der Waals surface area (Å²) in [6.07, 6.45) is -8.31. The number of esters is 1. The van der Waals surface area contributed by atoms with Crippen LogP contribution < -0.4 is 0 Å². The predicted molar refractivity (Wildman–Crippen MR) is 71.0 cm³/mol. The lowest BCUT2D eigenvalue weighted by Gasteiger charge is -2.29. The summed E-state index contributed by atoms with van der Waals surface area (Å²) in [5.74, 6) is -10.2. The first-order valence-electron chi connectivity index (χ1n) is 6.92. The Kier molecular flexibility index (Phi) is 6.98. The van der Waals surface area contributed by atoms with Crippen molar-refractivity contribution in [3.63, 3.8) is 0 Å². The maximum absolute atomic E-state index is 13.2. The largest absolute Gasteiger partial charge is 0.481 e. The Balaban J connectivity index is 5.40. The molecule has 0 saturated heterocycles. The molecule has 0 aromatic heterocycles. The summed E-state index contributed by atoms with van der Waals surface area (Å²) in [7, 11) is 0. The van der Waals surface area contributed by atoms with Gasteiger partial charge in [0.05, 0.1) is 11.8 Å². The molecule has 0 aliphatic rings. The number of aliphatic carboxylic acids is 1. The first-order valence-corrected chi connectivity index (χ1v) is 6.92. The summed E-state index contributed by atoms with van der Waals surface area (Å²) in [4.78, 5) is 23.2. The highest BCUT2D eigenvalue weighted by atomic mass is 19.4. The van der Waals surface area contributed by atoms with Gasteiger partial charge in [0.1, 0.15) is 5.60 Å². The van der Waals surface area contributed by atoms with Gasteiger partial charge >= 0.3 is 18.1 Å². The van der Waals surface area contributed by atoms with Gasteiger partial charge in [-0.05, 0) is 34.1 Å². The molecule has 2 atom stereocenters. The van der Waals surface area contributed by atoms with Crippen LogP contribution in [0.2, 0.25) is 0 Å². The summed E-state index contributed by atoms with van der Waals surface area (Å²) >= 11 is 0. The Bertz CT molecular complexity index is 420. The average Bonchev–Trinajstić information content (AvgIpc) is 2.21. The van der Waals surface area contributed by atoms with Gasteiger partial charge in [-0.25, -0.2) is 8.78 Å². The molecule has 0 spiro atoms. The van der Waals surface area contributed by atoms with Gasteiger partial charge in [-0.1, -0.05) is 0 Å². The molecule has 0 bridgehead atoms. The third-order valence-electron chi connectivity index (χ3n) is 2.83. The highest BCUT2D eigenvalue weighted by molar-refractivity contribution is 5.81. The molecule has 0 aliphatic carbocycles. The quantitative estimate of drug-likeness (QED) is 0.557. The van der Waals surface area contributed by atoms with Crippen LogP contribution in [0, 0.1) is 11.8 Å². The number of hydrogen-bond acceptors (Lipinski definition) is 3. The van der Waals surface area contributed by atoms with Crippen LogP contribution in [0.4, 0.5) is 22.0 Å². The lowest BCUT2D eigenvalue weighted by Crippen LogP contribution is -2.38. The number of rotatable bonds is 7. The first-order chi connectivity index (χ1) is 10.0. The molecule has 0 aromatic rings. The Morgan fingerprint density at radius 3 is 1.78 bits per heavy atom. The molecule has 0 radical (unpaired) electrons. The predicted octanol–water partition coefficient (Wildman–Crippen LogP) is 4.03. The van der Waals surface area contributed by atoms with E-state index in [4.69, 9.17) is 9.84 Å². The van der Waals surface area contributed by atoms with Crippen molar-refractivity contribution < 1.29 is 41.4 Å². The number of carbonyl (C=O) groups excluding carboxylic acids is 1. The maximum Gasteiger partial charge on any atom is 0.389 e. The van der Waals surface area contributed by atoms with Crippen molar-refractivity contribution in [1.82, 2.24) is 0 Å². The molecule has 23 heavy (non-hydrogen) atoms. The van der Waals surface area contributed by atoms with Crippen LogP contribution in [0.3, 0.4) is 0 Å². The molecule has 0 rings (SSSR count). The van der Waals surface area contributed by atoms with Gasteiger partial charge in [0.2, 0.25) is 5.92 Å². The second kappa shape index (κ2) is 7.44. The summed E-state index contributed by atoms with van der Waals surface area (Å²) in [5, 5.41) is 9.06.